The Morgan fingerprint density at radius 1 is 0.822 bits per heavy atom. The zero-order valence-corrected chi connectivity index (χ0v) is 32.7. The third kappa shape index (κ3) is 9.96. The molecule has 0 heterocycles. The minimum Gasteiger partial charge on any atom is -0.410 e. The average molecular weight is 671 g/mol. The Labute approximate surface area is 276 Å². The summed E-state index contributed by atoms with van der Waals surface area (Å²) in [5.41, 5.74) is 2.46. The molecule has 2 aromatic carbocycles. The maximum atomic E-state index is 14.9. The molecule has 0 amide bonds. The Balaban J connectivity index is 2.06. The first-order chi connectivity index (χ1) is 20.9. The van der Waals surface area contributed by atoms with E-state index in [1.165, 1.54) is 11.1 Å². The molecule has 0 saturated carbocycles. The lowest BCUT2D eigenvalue weighted by molar-refractivity contribution is -0.0287. The normalized spacial score (nSPS) is 19.5. The zero-order valence-electron chi connectivity index (χ0n) is 29.8. The lowest BCUT2D eigenvalue weighted by atomic mass is 9.88. The summed E-state index contributed by atoms with van der Waals surface area (Å²) < 4.78 is 40.1. The van der Waals surface area contributed by atoms with Gasteiger partial charge in [0.25, 0.3) is 0 Å². The molecule has 45 heavy (non-hydrogen) atoms. The van der Waals surface area contributed by atoms with E-state index in [1.54, 1.807) is 7.11 Å². The Morgan fingerprint density at radius 2 is 1.33 bits per heavy atom. The van der Waals surface area contributed by atoms with Gasteiger partial charge in [0.15, 0.2) is 16.6 Å². The van der Waals surface area contributed by atoms with Gasteiger partial charge in [-0.25, -0.2) is 0 Å². The summed E-state index contributed by atoms with van der Waals surface area (Å²) in [6, 6.07) is 20.0. The molecule has 5 nitrogen and oxygen atoms in total. The van der Waals surface area contributed by atoms with Crippen LogP contribution < -0.4 is 10.6 Å². The fraction of sp³-hybridized carbons (Fsp3) is 0.568. The monoisotopic (exact) mass is 670 g/mol. The lowest BCUT2D eigenvalue weighted by Crippen LogP contribution is -2.49. The van der Waals surface area contributed by atoms with Crippen molar-refractivity contribution in [1.29, 1.82) is 0 Å². The molecule has 0 radical (unpaired) electrons. The molecule has 0 N–H and O–H groups in total. The molecule has 0 unspecified atom stereocenters. The van der Waals surface area contributed by atoms with Crippen LogP contribution in [0.25, 0.3) is 0 Å². The van der Waals surface area contributed by atoms with E-state index >= 15 is 0 Å². The quantitative estimate of drug-likeness (QED) is 0.0659. The standard InChI is InChI=1S/C37H59O5PSi2/c1-36(2,3)44(8,9)41-34-27-30(24-26-43(38,31-19-14-12-15-20-31)32-21-16-13-17-22-32)28-35(42-45(10,11)37(4,5)6)33(34)23-18-25-40-29-39-7/h12-17,19-23,27,34-35H,18,24-26,28-29H2,1-11H3/t34-,35-/m1/s1. The van der Waals surface area contributed by atoms with Crippen LogP contribution in [-0.4, -0.2) is 55.5 Å². The van der Waals surface area contributed by atoms with E-state index < -0.39 is 23.8 Å². The highest BCUT2D eigenvalue weighted by molar-refractivity contribution is 7.78. The third-order valence-electron chi connectivity index (χ3n) is 9.94. The summed E-state index contributed by atoms with van der Waals surface area (Å²) >= 11 is 0. The van der Waals surface area contributed by atoms with Crippen LogP contribution in [0.15, 0.2) is 84.0 Å². The number of hydrogen-bond acceptors (Lipinski definition) is 5. The minimum atomic E-state index is -2.86. The average Bonchev–Trinajstić information content (AvgIpc) is 2.96. The van der Waals surface area contributed by atoms with E-state index in [0.29, 0.717) is 12.8 Å². The molecule has 0 saturated heterocycles. The van der Waals surface area contributed by atoms with Crippen molar-refractivity contribution in [3.8, 4) is 0 Å². The van der Waals surface area contributed by atoms with Gasteiger partial charge in [0.1, 0.15) is 13.9 Å². The van der Waals surface area contributed by atoms with E-state index in [-0.39, 0.29) is 29.1 Å². The van der Waals surface area contributed by atoms with Crippen LogP contribution in [0.4, 0.5) is 0 Å². The molecular weight excluding hydrogens is 612 g/mol. The van der Waals surface area contributed by atoms with Gasteiger partial charge in [-0.2, -0.15) is 0 Å². The van der Waals surface area contributed by atoms with Crippen molar-refractivity contribution in [1.82, 2.24) is 0 Å². The summed E-state index contributed by atoms with van der Waals surface area (Å²) in [6.07, 6.45) is 7.14. The van der Waals surface area contributed by atoms with Crippen molar-refractivity contribution < 1.29 is 22.9 Å². The fourth-order valence-electron chi connectivity index (χ4n) is 5.09. The van der Waals surface area contributed by atoms with Crippen molar-refractivity contribution in [2.24, 2.45) is 0 Å². The largest absolute Gasteiger partial charge is 0.410 e. The van der Waals surface area contributed by atoms with Crippen LogP contribution in [-0.2, 0) is 22.9 Å². The van der Waals surface area contributed by atoms with Gasteiger partial charge in [0.05, 0.1) is 18.8 Å². The summed E-state index contributed by atoms with van der Waals surface area (Å²) in [6.45, 7) is 23.9. The van der Waals surface area contributed by atoms with Gasteiger partial charge in [-0.1, -0.05) is 120 Å². The SMILES string of the molecule is COCOCCC=C1[C@H](O[Si](C)(C)C(C)(C)C)C=C(CCP(=O)(c2ccccc2)c2ccccc2)C[C@H]1O[Si](C)(C)C(C)(C)C. The molecule has 250 valence electrons. The Morgan fingerprint density at radius 3 is 1.82 bits per heavy atom. The van der Waals surface area contributed by atoms with Crippen molar-refractivity contribution in [3.05, 3.63) is 84.0 Å². The zero-order chi connectivity index (χ0) is 33.5. The first-order valence-electron chi connectivity index (χ1n) is 16.4. The number of methoxy groups -OCH3 is 1. The number of ether oxygens (including phenoxy) is 2. The van der Waals surface area contributed by atoms with Crippen LogP contribution in [0, 0.1) is 0 Å². The summed E-state index contributed by atoms with van der Waals surface area (Å²) in [7, 11) is -5.49. The first-order valence-corrected chi connectivity index (χ1v) is 24.1. The van der Waals surface area contributed by atoms with Crippen molar-refractivity contribution in [2.75, 3.05) is 26.7 Å². The number of rotatable bonds is 14. The van der Waals surface area contributed by atoms with Crippen LogP contribution in [0.5, 0.6) is 0 Å². The number of hydrogen-bond donors (Lipinski definition) is 0. The van der Waals surface area contributed by atoms with E-state index in [4.69, 9.17) is 18.3 Å². The Bertz CT molecular complexity index is 1280. The highest BCUT2D eigenvalue weighted by Crippen LogP contribution is 2.47. The van der Waals surface area contributed by atoms with E-state index in [9.17, 15) is 4.57 Å². The molecule has 3 rings (SSSR count). The Kier molecular flexibility index (Phi) is 13.1. The molecule has 1 aliphatic rings. The molecular formula is C37H59O5PSi2. The highest BCUT2D eigenvalue weighted by atomic mass is 31.2. The molecule has 0 fully saturated rings. The highest BCUT2D eigenvalue weighted by Gasteiger charge is 2.45. The van der Waals surface area contributed by atoms with Crippen molar-refractivity contribution >= 4 is 34.4 Å². The summed E-state index contributed by atoms with van der Waals surface area (Å²) in [5, 5.41) is 1.93. The third-order valence-corrected chi connectivity index (χ3v) is 22.0. The predicted molar refractivity (Wildman–Crippen MR) is 197 cm³/mol. The van der Waals surface area contributed by atoms with Crippen molar-refractivity contribution in [2.45, 2.75) is 109 Å². The molecule has 1 aliphatic carbocycles. The lowest BCUT2D eigenvalue weighted by Gasteiger charge is -2.45. The van der Waals surface area contributed by atoms with Gasteiger partial charge in [0.2, 0.25) is 0 Å². The second kappa shape index (κ2) is 15.5. The Hall–Kier alpha value is -1.58. The molecule has 2 aromatic rings. The van der Waals surface area contributed by atoms with Crippen LogP contribution in [0.2, 0.25) is 36.3 Å². The molecule has 2 atom stereocenters. The minimum absolute atomic E-state index is 0.0528. The van der Waals surface area contributed by atoms with Crippen LogP contribution >= 0.6 is 7.14 Å². The van der Waals surface area contributed by atoms with E-state index in [0.717, 1.165) is 29.9 Å². The van der Waals surface area contributed by atoms with Gasteiger partial charge < -0.3 is 22.9 Å². The molecule has 0 aliphatic heterocycles. The first kappa shape index (κ1) is 37.9. The van der Waals surface area contributed by atoms with Crippen LogP contribution in [0.1, 0.15) is 60.8 Å². The van der Waals surface area contributed by atoms with Gasteiger partial charge >= 0.3 is 0 Å². The summed E-state index contributed by atoms with van der Waals surface area (Å²) in [4.78, 5) is 0. The maximum absolute atomic E-state index is 14.9. The molecule has 0 aromatic heterocycles. The predicted octanol–water partition coefficient (Wildman–Crippen LogP) is 9.44. The topological polar surface area (TPSA) is 54.0 Å². The second-order valence-electron chi connectivity index (χ2n) is 15.4. The van der Waals surface area contributed by atoms with E-state index in [2.05, 4.69) is 79.9 Å². The molecule has 8 heteroatoms. The summed E-state index contributed by atoms with van der Waals surface area (Å²) in [5.74, 6) is 0. The van der Waals surface area contributed by atoms with Gasteiger partial charge in [0, 0.05) is 23.9 Å². The smallest absolute Gasteiger partial charge is 0.193 e. The van der Waals surface area contributed by atoms with Crippen LogP contribution in [0.3, 0.4) is 0 Å². The van der Waals surface area contributed by atoms with Gasteiger partial charge in [-0.15, -0.1) is 0 Å². The molecule has 0 bridgehead atoms. The fourth-order valence-corrected chi connectivity index (χ4v) is 10.3. The number of benzene rings is 2. The van der Waals surface area contributed by atoms with Crippen molar-refractivity contribution in [3.63, 3.8) is 0 Å². The van der Waals surface area contributed by atoms with Gasteiger partial charge in [-0.05, 0) is 61.1 Å². The maximum Gasteiger partial charge on any atom is 0.193 e. The van der Waals surface area contributed by atoms with E-state index in [1.807, 2.05) is 60.7 Å². The van der Waals surface area contributed by atoms with Gasteiger partial charge in [-0.3, -0.25) is 0 Å². The second-order valence-corrected chi connectivity index (χ2v) is 27.9. The molecule has 0 spiro atoms.